The zero-order chi connectivity index (χ0) is 15.5. The number of benzene rings is 1. The topological polar surface area (TPSA) is 46.3 Å². The molecule has 23 heavy (non-hydrogen) atoms. The summed E-state index contributed by atoms with van der Waals surface area (Å²) in [6.07, 6.45) is 6.96. The lowest BCUT2D eigenvalue weighted by Gasteiger charge is -2.37. The fraction of sp³-hybridized carbons (Fsp3) is 0.611. The highest BCUT2D eigenvalue weighted by atomic mass is 35.5. The molecule has 2 fully saturated rings. The zero-order valence-corrected chi connectivity index (χ0v) is 14.2. The van der Waals surface area contributed by atoms with Gasteiger partial charge in [-0.2, -0.15) is 0 Å². The van der Waals surface area contributed by atoms with Crippen molar-refractivity contribution in [2.45, 2.75) is 57.0 Å². The molecule has 128 valence electrons. The molecule has 1 amide bonds. The number of amides is 1. The molecule has 5 heteroatoms. The van der Waals surface area contributed by atoms with Gasteiger partial charge in [0.2, 0.25) is 5.91 Å². The van der Waals surface area contributed by atoms with Crippen molar-refractivity contribution in [2.24, 2.45) is 11.7 Å². The summed E-state index contributed by atoms with van der Waals surface area (Å²) >= 11 is 0. The Balaban J connectivity index is 0.00000192. The Morgan fingerprint density at radius 1 is 1.13 bits per heavy atom. The summed E-state index contributed by atoms with van der Waals surface area (Å²) in [6.45, 7) is 0.808. The van der Waals surface area contributed by atoms with Gasteiger partial charge in [0.1, 0.15) is 5.82 Å². The molecule has 1 aliphatic heterocycles. The SMILES string of the molecule is Cl.N[C@@H]1CCC[C@H]1CC(=O)N1CCCCC1c1ccc(F)cc1. The summed E-state index contributed by atoms with van der Waals surface area (Å²) < 4.78 is 13.1. The first-order valence-corrected chi connectivity index (χ1v) is 8.45. The van der Waals surface area contributed by atoms with Crippen LogP contribution in [0.1, 0.15) is 56.6 Å². The molecule has 0 aromatic heterocycles. The number of carbonyl (C=O) groups excluding carboxylic acids is 1. The lowest BCUT2D eigenvalue weighted by atomic mass is 9.93. The Hall–Kier alpha value is -1.13. The Morgan fingerprint density at radius 2 is 1.87 bits per heavy atom. The van der Waals surface area contributed by atoms with E-state index in [2.05, 4.69) is 0 Å². The maximum Gasteiger partial charge on any atom is 0.223 e. The molecule has 1 unspecified atom stereocenters. The second kappa shape index (κ2) is 8.11. The molecule has 2 aliphatic rings. The maximum absolute atomic E-state index is 13.1. The van der Waals surface area contributed by atoms with Crippen LogP contribution in [0.3, 0.4) is 0 Å². The van der Waals surface area contributed by atoms with Crippen molar-refractivity contribution >= 4 is 18.3 Å². The molecule has 1 aliphatic carbocycles. The first kappa shape index (κ1) is 18.2. The minimum Gasteiger partial charge on any atom is -0.336 e. The van der Waals surface area contributed by atoms with Crippen molar-refractivity contribution < 1.29 is 9.18 Å². The highest BCUT2D eigenvalue weighted by Crippen LogP contribution is 2.34. The van der Waals surface area contributed by atoms with Crippen molar-refractivity contribution in [3.05, 3.63) is 35.6 Å². The van der Waals surface area contributed by atoms with Gasteiger partial charge in [0.15, 0.2) is 0 Å². The summed E-state index contributed by atoms with van der Waals surface area (Å²) in [4.78, 5) is 14.7. The monoisotopic (exact) mass is 340 g/mol. The minimum atomic E-state index is -0.227. The van der Waals surface area contributed by atoms with Crippen LogP contribution in [0.15, 0.2) is 24.3 Å². The average molecular weight is 341 g/mol. The number of rotatable bonds is 3. The highest BCUT2D eigenvalue weighted by Gasteiger charge is 2.32. The number of hydrogen-bond donors (Lipinski definition) is 1. The predicted octanol–water partition coefficient (Wildman–Crippen LogP) is 3.82. The van der Waals surface area contributed by atoms with Crippen LogP contribution in [0.4, 0.5) is 4.39 Å². The van der Waals surface area contributed by atoms with E-state index in [0.29, 0.717) is 12.3 Å². The van der Waals surface area contributed by atoms with Gasteiger partial charge in [-0.1, -0.05) is 18.6 Å². The van der Waals surface area contributed by atoms with Crippen LogP contribution in [-0.4, -0.2) is 23.4 Å². The number of piperidine rings is 1. The van der Waals surface area contributed by atoms with E-state index >= 15 is 0 Å². The molecule has 1 aromatic carbocycles. The van der Waals surface area contributed by atoms with E-state index in [-0.39, 0.29) is 36.2 Å². The van der Waals surface area contributed by atoms with Crippen LogP contribution in [0.25, 0.3) is 0 Å². The summed E-state index contributed by atoms with van der Waals surface area (Å²) in [5.74, 6) is 0.328. The molecule has 2 N–H and O–H groups in total. The molecule has 1 saturated heterocycles. The van der Waals surface area contributed by atoms with Crippen molar-refractivity contribution in [1.82, 2.24) is 4.90 Å². The fourth-order valence-electron chi connectivity index (χ4n) is 3.92. The van der Waals surface area contributed by atoms with Gasteiger partial charge in [-0.05, 0) is 55.7 Å². The van der Waals surface area contributed by atoms with Gasteiger partial charge in [-0.3, -0.25) is 4.79 Å². The summed E-state index contributed by atoms with van der Waals surface area (Å²) in [7, 11) is 0. The number of nitrogens with zero attached hydrogens (tertiary/aromatic N) is 1. The van der Waals surface area contributed by atoms with Crippen molar-refractivity contribution in [1.29, 1.82) is 0 Å². The van der Waals surface area contributed by atoms with Crippen LogP contribution in [0.2, 0.25) is 0 Å². The summed E-state index contributed by atoms with van der Waals surface area (Å²) in [6, 6.07) is 6.87. The Kier molecular flexibility index (Phi) is 6.42. The van der Waals surface area contributed by atoms with Crippen molar-refractivity contribution in [3.63, 3.8) is 0 Å². The molecule has 1 heterocycles. The van der Waals surface area contributed by atoms with E-state index in [1.807, 2.05) is 17.0 Å². The fourth-order valence-corrected chi connectivity index (χ4v) is 3.92. The third-order valence-electron chi connectivity index (χ3n) is 5.23. The van der Waals surface area contributed by atoms with Crippen LogP contribution in [0.5, 0.6) is 0 Å². The van der Waals surface area contributed by atoms with Crippen LogP contribution in [0, 0.1) is 11.7 Å². The largest absolute Gasteiger partial charge is 0.336 e. The van der Waals surface area contributed by atoms with E-state index in [1.165, 1.54) is 12.1 Å². The zero-order valence-electron chi connectivity index (χ0n) is 13.4. The van der Waals surface area contributed by atoms with Crippen LogP contribution < -0.4 is 5.73 Å². The molecule has 3 rings (SSSR count). The normalized spacial score (nSPS) is 27.6. The number of hydrogen-bond acceptors (Lipinski definition) is 2. The number of carbonyl (C=O) groups is 1. The van der Waals surface area contributed by atoms with Crippen molar-refractivity contribution in [3.8, 4) is 0 Å². The van der Waals surface area contributed by atoms with Crippen LogP contribution >= 0.6 is 12.4 Å². The predicted molar refractivity (Wildman–Crippen MR) is 91.9 cm³/mol. The van der Waals surface area contributed by atoms with E-state index in [4.69, 9.17) is 5.73 Å². The van der Waals surface area contributed by atoms with Gasteiger partial charge in [0.25, 0.3) is 0 Å². The molecule has 3 nitrogen and oxygen atoms in total. The van der Waals surface area contributed by atoms with E-state index < -0.39 is 0 Å². The highest BCUT2D eigenvalue weighted by molar-refractivity contribution is 5.85. The average Bonchev–Trinajstić information content (AvgIpc) is 2.93. The summed E-state index contributed by atoms with van der Waals surface area (Å²) in [5, 5.41) is 0. The van der Waals surface area contributed by atoms with Gasteiger partial charge in [0.05, 0.1) is 6.04 Å². The van der Waals surface area contributed by atoms with E-state index in [9.17, 15) is 9.18 Å². The molecular weight excluding hydrogens is 315 g/mol. The Morgan fingerprint density at radius 3 is 2.52 bits per heavy atom. The molecule has 1 aromatic rings. The van der Waals surface area contributed by atoms with E-state index in [1.54, 1.807) is 0 Å². The minimum absolute atomic E-state index is 0. The maximum atomic E-state index is 13.1. The van der Waals surface area contributed by atoms with Gasteiger partial charge in [0, 0.05) is 19.0 Å². The van der Waals surface area contributed by atoms with Gasteiger partial charge < -0.3 is 10.6 Å². The Bertz CT molecular complexity index is 522. The van der Waals surface area contributed by atoms with Gasteiger partial charge in [-0.15, -0.1) is 12.4 Å². The molecule has 0 bridgehead atoms. The first-order chi connectivity index (χ1) is 10.6. The lowest BCUT2D eigenvalue weighted by molar-refractivity contribution is -0.136. The molecular formula is C18H26ClFN2O. The van der Waals surface area contributed by atoms with E-state index in [0.717, 1.165) is 50.6 Å². The molecule has 1 saturated carbocycles. The molecule has 3 atom stereocenters. The quantitative estimate of drug-likeness (QED) is 0.909. The smallest absolute Gasteiger partial charge is 0.223 e. The molecule has 0 radical (unpaired) electrons. The third kappa shape index (κ3) is 4.24. The second-order valence-electron chi connectivity index (χ2n) is 6.71. The Labute approximate surface area is 143 Å². The third-order valence-corrected chi connectivity index (χ3v) is 5.23. The van der Waals surface area contributed by atoms with Crippen molar-refractivity contribution in [2.75, 3.05) is 6.54 Å². The van der Waals surface area contributed by atoms with Gasteiger partial charge >= 0.3 is 0 Å². The van der Waals surface area contributed by atoms with Crippen LogP contribution in [-0.2, 0) is 4.79 Å². The number of likely N-dealkylation sites (tertiary alicyclic amines) is 1. The number of halogens is 2. The lowest BCUT2D eigenvalue weighted by Crippen LogP contribution is -2.40. The second-order valence-corrected chi connectivity index (χ2v) is 6.71. The standard InChI is InChI=1S/C18H25FN2O.ClH/c19-15-9-7-13(8-10-15)17-6-1-2-11-21(17)18(22)12-14-4-3-5-16(14)20;/h7-10,14,16-17H,1-6,11-12,20H2;1H/t14-,16+,17?;/m0./s1. The molecule has 0 spiro atoms. The number of nitrogens with two attached hydrogens (primary N) is 1. The summed E-state index contributed by atoms with van der Waals surface area (Å²) in [5.41, 5.74) is 7.15. The van der Waals surface area contributed by atoms with Gasteiger partial charge in [-0.25, -0.2) is 4.39 Å². The first-order valence-electron chi connectivity index (χ1n) is 8.45.